The Morgan fingerprint density at radius 1 is 1.50 bits per heavy atom. The second-order valence-electron chi connectivity index (χ2n) is 3.08. The van der Waals surface area contributed by atoms with Crippen LogP contribution in [0.3, 0.4) is 0 Å². The van der Waals surface area contributed by atoms with Gasteiger partial charge in [0.1, 0.15) is 0 Å². The van der Waals surface area contributed by atoms with Crippen molar-refractivity contribution in [1.29, 1.82) is 0 Å². The van der Waals surface area contributed by atoms with Gasteiger partial charge in [-0.25, -0.2) is 0 Å². The molecule has 0 fully saturated rings. The van der Waals surface area contributed by atoms with Crippen LogP contribution in [-0.4, -0.2) is 15.9 Å². The lowest BCUT2D eigenvalue weighted by atomic mass is 10.2. The molecular weight excluding hydrogens is 198 g/mol. The molecule has 0 radical (unpaired) electrons. The third-order valence-electron chi connectivity index (χ3n) is 1.84. The highest BCUT2D eigenvalue weighted by Gasteiger charge is 2.13. The van der Waals surface area contributed by atoms with Crippen LogP contribution in [0.5, 0.6) is 0 Å². The molecule has 14 heavy (non-hydrogen) atoms. The summed E-state index contributed by atoms with van der Waals surface area (Å²) in [6.07, 6.45) is 1.92. The molecule has 1 aromatic rings. The Kier molecular flexibility index (Phi) is 4.97. The summed E-state index contributed by atoms with van der Waals surface area (Å²) in [5.41, 5.74) is 5.84. The SMILES string of the molecule is CCCC(N)c1nc(CSCC)no1. The molecule has 0 aliphatic carbocycles. The van der Waals surface area contributed by atoms with Gasteiger partial charge in [-0.15, -0.1) is 0 Å². The zero-order valence-corrected chi connectivity index (χ0v) is 9.51. The molecule has 0 bridgehead atoms. The Morgan fingerprint density at radius 2 is 2.29 bits per heavy atom. The summed E-state index contributed by atoms with van der Waals surface area (Å²) >= 11 is 1.77. The first-order valence-electron chi connectivity index (χ1n) is 4.93. The van der Waals surface area contributed by atoms with Gasteiger partial charge in [-0.1, -0.05) is 25.4 Å². The molecule has 0 spiro atoms. The van der Waals surface area contributed by atoms with Crippen LogP contribution in [0.4, 0.5) is 0 Å². The van der Waals surface area contributed by atoms with Crippen molar-refractivity contribution in [3.63, 3.8) is 0 Å². The van der Waals surface area contributed by atoms with E-state index in [0.717, 1.165) is 30.2 Å². The molecule has 1 atom stereocenters. The van der Waals surface area contributed by atoms with Gasteiger partial charge in [-0.05, 0) is 12.2 Å². The van der Waals surface area contributed by atoms with Gasteiger partial charge in [0.25, 0.3) is 0 Å². The Hall–Kier alpha value is -0.550. The van der Waals surface area contributed by atoms with E-state index in [1.165, 1.54) is 0 Å². The maximum Gasteiger partial charge on any atom is 0.243 e. The lowest BCUT2D eigenvalue weighted by molar-refractivity contribution is 0.345. The van der Waals surface area contributed by atoms with E-state index in [1.807, 2.05) is 0 Å². The summed E-state index contributed by atoms with van der Waals surface area (Å²) < 4.78 is 5.08. The molecule has 80 valence electrons. The zero-order valence-electron chi connectivity index (χ0n) is 8.69. The number of rotatable bonds is 6. The minimum absolute atomic E-state index is 0.104. The summed E-state index contributed by atoms with van der Waals surface area (Å²) in [4.78, 5) is 4.24. The van der Waals surface area contributed by atoms with E-state index in [2.05, 4.69) is 24.0 Å². The molecule has 1 heterocycles. The molecular formula is C9H17N3OS. The summed E-state index contributed by atoms with van der Waals surface area (Å²) in [5.74, 6) is 3.18. The average molecular weight is 215 g/mol. The van der Waals surface area contributed by atoms with E-state index in [4.69, 9.17) is 10.3 Å². The fourth-order valence-electron chi connectivity index (χ4n) is 1.10. The maximum absolute atomic E-state index is 5.84. The van der Waals surface area contributed by atoms with E-state index in [-0.39, 0.29) is 6.04 Å². The Bertz CT molecular complexity index is 264. The van der Waals surface area contributed by atoms with Gasteiger partial charge in [-0.3, -0.25) is 0 Å². The van der Waals surface area contributed by atoms with Crippen molar-refractivity contribution in [3.05, 3.63) is 11.7 Å². The smallest absolute Gasteiger partial charge is 0.243 e. The first-order chi connectivity index (χ1) is 6.77. The number of aromatic nitrogens is 2. The Morgan fingerprint density at radius 3 is 2.93 bits per heavy atom. The summed E-state index contributed by atoms with van der Waals surface area (Å²) in [5, 5.41) is 3.87. The first-order valence-corrected chi connectivity index (χ1v) is 6.09. The molecule has 0 aromatic carbocycles. The van der Waals surface area contributed by atoms with Crippen LogP contribution >= 0.6 is 11.8 Å². The van der Waals surface area contributed by atoms with Gasteiger partial charge in [0.05, 0.1) is 11.8 Å². The van der Waals surface area contributed by atoms with Gasteiger partial charge >= 0.3 is 0 Å². The van der Waals surface area contributed by atoms with E-state index in [0.29, 0.717) is 5.89 Å². The minimum atomic E-state index is -0.104. The average Bonchev–Trinajstić information content (AvgIpc) is 2.63. The topological polar surface area (TPSA) is 64.9 Å². The lowest BCUT2D eigenvalue weighted by Crippen LogP contribution is -2.10. The van der Waals surface area contributed by atoms with Crippen molar-refractivity contribution < 1.29 is 4.52 Å². The number of thioether (sulfide) groups is 1. The van der Waals surface area contributed by atoms with E-state index in [1.54, 1.807) is 11.8 Å². The lowest BCUT2D eigenvalue weighted by Gasteiger charge is -2.01. The summed E-state index contributed by atoms with van der Waals surface area (Å²) in [6.45, 7) is 4.19. The van der Waals surface area contributed by atoms with Crippen molar-refractivity contribution in [2.45, 2.75) is 38.5 Å². The molecule has 4 nitrogen and oxygen atoms in total. The molecule has 1 aromatic heterocycles. The van der Waals surface area contributed by atoms with Crippen molar-refractivity contribution in [1.82, 2.24) is 10.1 Å². The fourth-order valence-corrected chi connectivity index (χ4v) is 1.61. The fraction of sp³-hybridized carbons (Fsp3) is 0.778. The van der Waals surface area contributed by atoms with Crippen LogP contribution in [-0.2, 0) is 5.75 Å². The highest BCUT2D eigenvalue weighted by molar-refractivity contribution is 7.98. The van der Waals surface area contributed by atoms with Crippen LogP contribution in [0, 0.1) is 0 Å². The van der Waals surface area contributed by atoms with Crippen molar-refractivity contribution in [2.24, 2.45) is 5.73 Å². The van der Waals surface area contributed by atoms with E-state index in [9.17, 15) is 0 Å². The molecule has 0 saturated carbocycles. The zero-order chi connectivity index (χ0) is 10.4. The molecule has 0 saturated heterocycles. The molecule has 5 heteroatoms. The molecule has 0 aliphatic rings. The van der Waals surface area contributed by atoms with Gasteiger partial charge in [0, 0.05) is 0 Å². The van der Waals surface area contributed by atoms with Gasteiger partial charge in [-0.2, -0.15) is 16.7 Å². The predicted octanol–water partition coefficient (Wildman–Crippen LogP) is 2.12. The molecule has 0 aliphatic heterocycles. The van der Waals surface area contributed by atoms with Crippen LogP contribution in [0.25, 0.3) is 0 Å². The number of nitrogens with zero attached hydrogens (tertiary/aromatic N) is 2. The standard InChI is InChI=1S/C9H17N3OS/c1-3-5-7(10)9-11-8(12-13-9)6-14-4-2/h7H,3-6,10H2,1-2H3. The summed E-state index contributed by atoms with van der Waals surface area (Å²) in [6, 6.07) is -0.104. The molecule has 0 amide bonds. The number of hydrogen-bond acceptors (Lipinski definition) is 5. The number of hydrogen-bond donors (Lipinski definition) is 1. The van der Waals surface area contributed by atoms with Crippen LogP contribution in [0.15, 0.2) is 4.52 Å². The van der Waals surface area contributed by atoms with Gasteiger partial charge < -0.3 is 10.3 Å². The quantitative estimate of drug-likeness (QED) is 0.787. The second kappa shape index (κ2) is 6.03. The predicted molar refractivity (Wildman–Crippen MR) is 58.0 cm³/mol. The second-order valence-corrected chi connectivity index (χ2v) is 4.36. The van der Waals surface area contributed by atoms with Gasteiger partial charge in [0.15, 0.2) is 5.82 Å². The minimum Gasteiger partial charge on any atom is -0.338 e. The van der Waals surface area contributed by atoms with Crippen LogP contribution in [0.2, 0.25) is 0 Å². The largest absolute Gasteiger partial charge is 0.338 e. The Labute approximate surface area is 88.6 Å². The maximum atomic E-state index is 5.84. The third-order valence-corrected chi connectivity index (χ3v) is 2.71. The number of nitrogens with two attached hydrogens (primary N) is 1. The highest BCUT2D eigenvalue weighted by atomic mass is 32.2. The van der Waals surface area contributed by atoms with Crippen molar-refractivity contribution in [3.8, 4) is 0 Å². The molecule has 1 unspecified atom stereocenters. The summed E-state index contributed by atoms with van der Waals surface area (Å²) in [7, 11) is 0. The van der Waals surface area contributed by atoms with Gasteiger partial charge in [0.2, 0.25) is 5.89 Å². The normalized spacial score (nSPS) is 13.1. The van der Waals surface area contributed by atoms with Crippen molar-refractivity contribution >= 4 is 11.8 Å². The highest BCUT2D eigenvalue weighted by Crippen LogP contribution is 2.15. The third kappa shape index (κ3) is 3.31. The van der Waals surface area contributed by atoms with Crippen LogP contribution < -0.4 is 5.73 Å². The van der Waals surface area contributed by atoms with Crippen LogP contribution in [0.1, 0.15) is 44.4 Å². The Balaban J connectivity index is 2.49. The first kappa shape index (κ1) is 11.5. The molecule has 2 N–H and O–H groups in total. The van der Waals surface area contributed by atoms with E-state index >= 15 is 0 Å². The monoisotopic (exact) mass is 215 g/mol. The van der Waals surface area contributed by atoms with E-state index < -0.39 is 0 Å². The molecule has 1 rings (SSSR count). The van der Waals surface area contributed by atoms with Crippen molar-refractivity contribution in [2.75, 3.05) is 5.75 Å².